The molecule has 2 heteroatoms. The summed E-state index contributed by atoms with van der Waals surface area (Å²) in [5.41, 5.74) is 3.08. The lowest BCUT2D eigenvalue weighted by atomic mass is 10.1. The van der Waals surface area contributed by atoms with Crippen LogP contribution in [0.2, 0.25) is 0 Å². The third-order valence-electron chi connectivity index (χ3n) is 4.94. The summed E-state index contributed by atoms with van der Waals surface area (Å²) in [5.74, 6) is 0. The second-order valence-corrected chi connectivity index (χ2v) is 6.16. The molecule has 0 aromatic heterocycles. The molecule has 1 saturated carbocycles. The van der Waals surface area contributed by atoms with E-state index in [0.29, 0.717) is 6.04 Å². The summed E-state index contributed by atoms with van der Waals surface area (Å²) < 4.78 is 0. The molecule has 0 radical (unpaired) electrons. The highest BCUT2D eigenvalue weighted by molar-refractivity contribution is 5.34. The number of rotatable bonds is 5. The second-order valence-electron chi connectivity index (χ2n) is 6.16. The van der Waals surface area contributed by atoms with Gasteiger partial charge in [0.2, 0.25) is 0 Å². The molecule has 104 valence electrons. The Kier molecular flexibility index (Phi) is 4.19. The van der Waals surface area contributed by atoms with Crippen molar-refractivity contribution in [1.82, 2.24) is 10.2 Å². The van der Waals surface area contributed by atoms with Crippen LogP contribution in [0, 0.1) is 0 Å². The molecule has 1 N–H and O–H groups in total. The van der Waals surface area contributed by atoms with Gasteiger partial charge in [-0.15, -0.1) is 0 Å². The summed E-state index contributed by atoms with van der Waals surface area (Å²) >= 11 is 0. The van der Waals surface area contributed by atoms with Crippen molar-refractivity contribution in [3.05, 3.63) is 35.4 Å². The zero-order chi connectivity index (χ0) is 13.1. The Bertz CT molecular complexity index is 409. The van der Waals surface area contributed by atoms with E-state index >= 15 is 0 Å². The fourth-order valence-corrected chi connectivity index (χ4v) is 3.71. The molecule has 0 saturated heterocycles. The molecular weight excluding hydrogens is 232 g/mol. The third kappa shape index (κ3) is 3.01. The lowest BCUT2D eigenvalue weighted by molar-refractivity contribution is 0.242. The van der Waals surface area contributed by atoms with Crippen LogP contribution in [0.1, 0.15) is 49.3 Å². The van der Waals surface area contributed by atoms with E-state index in [9.17, 15) is 0 Å². The molecule has 1 unspecified atom stereocenters. The van der Waals surface area contributed by atoms with Gasteiger partial charge in [-0.1, -0.05) is 37.1 Å². The molecular formula is C17H26N2. The number of hydrogen-bond donors (Lipinski definition) is 1. The van der Waals surface area contributed by atoms with Crippen molar-refractivity contribution in [1.29, 1.82) is 0 Å². The molecule has 1 aromatic rings. The summed E-state index contributed by atoms with van der Waals surface area (Å²) in [6, 6.07) is 10.3. The van der Waals surface area contributed by atoms with E-state index in [0.717, 1.165) is 12.6 Å². The van der Waals surface area contributed by atoms with Crippen LogP contribution in [-0.2, 0) is 6.42 Å². The van der Waals surface area contributed by atoms with Crippen LogP contribution in [0.4, 0.5) is 0 Å². The molecule has 2 nitrogen and oxygen atoms in total. The normalized spacial score (nSPS) is 23.2. The molecule has 0 bridgehead atoms. The Morgan fingerprint density at radius 1 is 1.16 bits per heavy atom. The Balaban J connectivity index is 1.46. The first-order valence-corrected chi connectivity index (χ1v) is 7.86. The summed E-state index contributed by atoms with van der Waals surface area (Å²) in [7, 11) is 2.29. The maximum atomic E-state index is 3.75. The predicted molar refractivity (Wildman–Crippen MR) is 80.4 cm³/mol. The topological polar surface area (TPSA) is 15.3 Å². The number of benzene rings is 1. The van der Waals surface area contributed by atoms with Gasteiger partial charge in [0.1, 0.15) is 0 Å². The Morgan fingerprint density at radius 3 is 2.79 bits per heavy atom. The highest BCUT2D eigenvalue weighted by Crippen LogP contribution is 2.30. The minimum Gasteiger partial charge on any atom is -0.309 e. The van der Waals surface area contributed by atoms with Crippen LogP contribution in [0.5, 0.6) is 0 Å². The van der Waals surface area contributed by atoms with Gasteiger partial charge in [-0.2, -0.15) is 0 Å². The molecule has 0 spiro atoms. The Morgan fingerprint density at radius 2 is 1.95 bits per heavy atom. The summed E-state index contributed by atoms with van der Waals surface area (Å²) in [6.07, 6.45) is 8.18. The minimum absolute atomic E-state index is 0.591. The lowest BCUT2D eigenvalue weighted by Gasteiger charge is -2.25. The van der Waals surface area contributed by atoms with Gasteiger partial charge in [-0.3, -0.25) is 0 Å². The predicted octanol–water partition coefficient (Wildman–Crippen LogP) is 3.14. The lowest BCUT2D eigenvalue weighted by Crippen LogP contribution is -2.36. The smallest absolute Gasteiger partial charge is 0.0326 e. The fourth-order valence-electron chi connectivity index (χ4n) is 3.71. The average Bonchev–Trinajstić information content (AvgIpc) is 3.08. The molecule has 0 amide bonds. The number of nitrogens with zero attached hydrogens (tertiary/aromatic N) is 1. The second kappa shape index (κ2) is 6.06. The largest absolute Gasteiger partial charge is 0.309 e. The molecule has 1 fully saturated rings. The van der Waals surface area contributed by atoms with Gasteiger partial charge in [-0.25, -0.2) is 0 Å². The zero-order valence-corrected chi connectivity index (χ0v) is 12.1. The van der Waals surface area contributed by atoms with Crippen LogP contribution < -0.4 is 5.32 Å². The number of aryl methyl sites for hydroxylation is 1. The van der Waals surface area contributed by atoms with Crippen LogP contribution in [0.25, 0.3) is 0 Å². The highest BCUT2D eigenvalue weighted by atomic mass is 15.1. The first-order chi connectivity index (χ1) is 9.34. The van der Waals surface area contributed by atoms with E-state index < -0.39 is 0 Å². The zero-order valence-electron chi connectivity index (χ0n) is 12.1. The number of hydrogen-bond acceptors (Lipinski definition) is 2. The van der Waals surface area contributed by atoms with E-state index in [1.165, 1.54) is 50.6 Å². The van der Waals surface area contributed by atoms with E-state index in [1.807, 2.05) is 0 Å². The van der Waals surface area contributed by atoms with Crippen LogP contribution in [-0.4, -0.2) is 31.1 Å². The van der Waals surface area contributed by atoms with Gasteiger partial charge in [0, 0.05) is 25.2 Å². The average molecular weight is 258 g/mol. The van der Waals surface area contributed by atoms with Crippen molar-refractivity contribution < 1.29 is 0 Å². The van der Waals surface area contributed by atoms with Crippen molar-refractivity contribution in [3.63, 3.8) is 0 Å². The van der Waals surface area contributed by atoms with E-state index in [4.69, 9.17) is 0 Å². The highest BCUT2D eigenvalue weighted by Gasteiger charge is 2.22. The molecule has 19 heavy (non-hydrogen) atoms. The van der Waals surface area contributed by atoms with E-state index in [-0.39, 0.29) is 0 Å². The summed E-state index contributed by atoms with van der Waals surface area (Å²) in [6.45, 7) is 2.30. The van der Waals surface area contributed by atoms with Crippen LogP contribution >= 0.6 is 0 Å². The third-order valence-corrected chi connectivity index (χ3v) is 4.94. The van der Waals surface area contributed by atoms with Crippen LogP contribution in [0.15, 0.2) is 24.3 Å². The molecule has 2 aliphatic rings. The number of likely N-dealkylation sites (N-methyl/N-ethyl adjacent to an activating group) is 1. The Hall–Kier alpha value is -0.860. The summed E-state index contributed by atoms with van der Waals surface area (Å²) in [4.78, 5) is 2.56. The van der Waals surface area contributed by atoms with Crippen LogP contribution in [0.3, 0.4) is 0 Å². The van der Waals surface area contributed by atoms with Gasteiger partial charge in [-0.05, 0) is 43.9 Å². The molecule has 0 aliphatic heterocycles. The van der Waals surface area contributed by atoms with Crippen molar-refractivity contribution >= 4 is 0 Å². The molecule has 3 rings (SSSR count). The molecule has 1 aromatic carbocycles. The van der Waals surface area contributed by atoms with Gasteiger partial charge in [0.25, 0.3) is 0 Å². The quantitative estimate of drug-likeness (QED) is 0.873. The first-order valence-electron chi connectivity index (χ1n) is 7.86. The van der Waals surface area contributed by atoms with Crippen molar-refractivity contribution in [2.24, 2.45) is 0 Å². The number of fused-ring (bicyclic) bond motifs is 1. The van der Waals surface area contributed by atoms with E-state index in [1.54, 1.807) is 5.56 Å². The maximum Gasteiger partial charge on any atom is 0.0326 e. The van der Waals surface area contributed by atoms with Gasteiger partial charge in [0.15, 0.2) is 0 Å². The minimum atomic E-state index is 0.591. The fraction of sp³-hybridized carbons (Fsp3) is 0.647. The van der Waals surface area contributed by atoms with Crippen molar-refractivity contribution in [2.45, 2.75) is 50.6 Å². The summed E-state index contributed by atoms with van der Waals surface area (Å²) in [5, 5.41) is 3.75. The molecule has 1 atom stereocenters. The van der Waals surface area contributed by atoms with E-state index in [2.05, 4.69) is 41.5 Å². The van der Waals surface area contributed by atoms with Crippen molar-refractivity contribution in [3.8, 4) is 0 Å². The monoisotopic (exact) mass is 258 g/mol. The Labute approximate surface area is 117 Å². The number of nitrogens with one attached hydrogen (secondary N) is 1. The maximum absolute atomic E-state index is 3.75. The van der Waals surface area contributed by atoms with Crippen molar-refractivity contribution in [2.75, 3.05) is 20.1 Å². The van der Waals surface area contributed by atoms with Gasteiger partial charge < -0.3 is 10.2 Å². The van der Waals surface area contributed by atoms with Gasteiger partial charge >= 0.3 is 0 Å². The molecule has 2 aliphatic carbocycles. The molecule has 0 heterocycles. The van der Waals surface area contributed by atoms with Gasteiger partial charge in [0.05, 0.1) is 0 Å². The standard InChI is InChI=1S/C17H26N2/c1-19(15-7-3-4-8-15)13-12-18-17-11-10-14-6-2-5-9-16(14)17/h2,5-6,9,15,17-18H,3-4,7-8,10-13H2,1H3. The SMILES string of the molecule is CN(CCNC1CCc2ccccc21)C1CCCC1. The first kappa shape index (κ1) is 13.1.